The van der Waals surface area contributed by atoms with Gasteiger partial charge in [0.2, 0.25) is 0 Å². The number of hydrogen-bond donors (Lipinski definition) is 1. The molecule has 3 aromatic carbocycles. The molecule has 0 amide bonds. The summed E-state index contributed by atoms with van der Waals surface area (Å²) in [6, 6.07) is 28.1. The highest BCUT2D eigenvalue weighted by atomic mass is 15.4. The smallest absolute Gasteiger partial charge is 0.244 e. The van der Waals surface area contributed by atoms with E-state index in [0.717, 1.165) is 33.8 Å². The zero-order valence-electron chi connectivity index (χ0n) is 16.4. The molecule has 0 bridgehead atoms. The lowest BCUT2D eigenvalue weighted by Gasteiger charge is -2.09. The third kappa shape index (κ3) is 4.35. The molecule has 1 heterocycles. The molecule has 5 nitrogen and oxygen atoms in total. The maximum Gasteiger partial charge on any atom is 0.263 e. The van der Waals surface area contributed by atoms with Gasteiger partial charge in [-0.2, -0.15) is 5.10 Å². The molecule has 29 heavy (non-hydrogen) atoms. The fourth-order valence-corrected chi connectivity index (χ4v) is 2.95. The molecule has 0 unspecified atom stereocenters. The lowest BCUT2D eigenvalue weighted by molar-refractivity contribution is 0.972. The minimum atomic E-state index is 0.356. The van der Waals surface area contributed by atoms with E-state index >= 15 is 0 Å². The molecule has 1 aromatic heterocycles. The van der Waals surface area contributed by atoms with Crippen LogP contribution in [-0.4, -0.2) is 20.9 Å². The molecule has 0 aliphatic heterocycles. The summed E-state index contributed by atoms with van der Waals surface area (Å²) in [7, 11) is 0. The summed E-state index contributed by atoms with van der Waals surface area (Å²) in [5, 5.41) is 13.1. The Labute approximate surface area is 170 Å². The van der Waals surface area contributed by atoms with Crippen molar-refractivity contribution in [1.29, 1.82) is 0 Å². The molecule has 0 saturated heterocycles. The van der Waals surface area contributed by atoms with Crippen molar-refractivity contribution in [1.82, 2.24) is 15.2 Å². The van der Waals surface area contributed by atoms with Crippen molar-refractivity contribution in [2.45, 2.75) is 13.8 Å². The minimum Gasteiger partial charge on any atom is -0.244 e. The summed E-state index contributed by atoms with van der Waals surface area (Å²) >= 11 is 0. The van der Waals surface area contributed by atoms with Gasteiger partial charge < -0.3 is 0 Å². The molecule has 0 spiro atoms. The molecule has 0 fully saturated rings. The average molecular weight is 379 g/mol. The SMILES string of the molecule is C/C(=N\Nc1nnc(-c2ccccc2)c(-c2ccccc2)n1)c1ccc(C)cc1. The van der Waals surface area contributed by atoms with Gasteiger partial charge in [-0.25, -0.2) is 10.4 Å². The molecule has 1 N–H and O–H groups in total. The van der Waals surface area contributed by atoms with E-state index in [9.17, 15) is 0 Å². The number of rotatable bonds is 5. The van der Waals surface area contributed by atoms with Crippen LogP contribution in [0, 0.1) is 6.92 Å². The van der Waals surface area contributed by atoms with Gasteiger partial charge in [0.15, 0.2) is 0 Å². The van der Waals surface area contributed by atoms with E-state index in [1.807, 2.05) is 79.7 Å². The highest BCUT2D eigenvalue weighted by Gasteiger charge is 2.13. The van der Waals surface area contributed by atoms with E-state index in [1.54, 1.807) is 0 Å². The first-order valence-electron chi connectivity index (χ1n) is 9.43. The largest absolute Gasteiger partial charge is 0.263 e. The van der Waals surface area contributed by atoms with Gasteiger partial charge >= 0.3 is 0 Å². The van der Waals surface area contributed by atoms with E-state index in [0.29, 0.717) is 5.95 Å². The maximum atomic E-state index is 4.71. The Morgan fingerprint density at radius 2 is 1.31 bits per heavy atom. The quantitative estimate of drug-likeness (QED) is 0.375. The van der Waals surface area contributed by atoms with E-state index < -0.39 is 0 Å². The van der Waals surface area contributed by atoms with E-state index in [-0.39, 0.29) is 0 Å². The van der Waals surface area contributed by atoms with Crippen LogP contribution in [0.5, 0.6) is 0 Å². The minimum absolute atomic E-state index is 0.356. The molecule has 0 aliphatic carbocycles. The predicted octanol–water partition coefficient (Wildman–Crippen LogP) is 5.35. The van der Waals surface area contributed by atoms with Crippen LogP contribution in [0.2, 0.25) is 0 Å². The van der Waals surface area contributed by atoms with Crippen molar-refractivity contribution in [2.24, 2.45) is 5.10 Å². The van der Waals surface area contributed by atoms with Gasteiger partial charge in [0.25, 0.3) is 5.95 Å². The zero-order chi connectivity index (χ0) is 20.1. The van der Waals surface area contributed by atoms with Crippen LogP contribution >= 0.6 is 0 Å². The Balaban J connectivity index is 1.68. The predicted molar refractivity (Wildman–Crippen MR) is 118 cm³/mol. The summed E-state index contributed by atoms with van der Waals surface area (Å²) in [6.07, 6.45) is 0. The Morgan fingerprint density at radius 3 is 1.93 bits per heavy atom. The van der Waals surface area contributed by atoms with Crippen LogP contribution in [0.3, 0.4) is 0 Å². The Hall–Kier alpha value is -3.86. The van der Waals surface area contributed by atoms with Crippen LogP contribution in [0.15, 0.2) is 90.0 Å². The Kier molecular flexibility index (Phi) is 5.38. The molecular weight excluding hydrogens is 358 g/mol. The van der Waals surface area contributed by atoms with Gasteiger partial charge in [0, 0.05) is 11.1 Å². The second-order valence-electron chi connectivity index (χ2n) is 6.74. The van der Waals surface area contributed by atoms with E-state index in [4.69, 9.17) is 4.98 Å². The second-order valence-corrected chi connectivity index (χ2v) is 6.74. The normalized spacial score (nSPS) is 11.3. The van der Waals surface area contributed by atoms with Crippen molar-refractivity contribution in [3.05, 3.63) is 96.1 Å². The van der Waals surface area contributed by atoms with Crippen molar-refractivity contribution in [3.8, 4) is 22.5 Å². The monoisotopic (exact) mass is 379 g/mol. The van der Waals surface area contributed by atoms with Gasteiger partial charge in [0.05, 0.1) is 5.71 Å². The summed E-state index contributed by atoms with van der Waals surface area (Å²) < 4.78 is 0. The van der Waals surface area contributed by atoms with Crippen LogP contribution in [0.1, 0.15) is 18.1 Å². The van der Waals surface area contributed by atoms with Gasteiger partial charge in [-0.3, -0.25) is 0 Å². The molecule has 142 valence electrons. The van der Waals surface area contributed by atoms with E-state index in [1.165, 1.54) is 5.56 Å². The van der Waals surface area contributed by atoms with Crippen LogP contribution < -0.4 is 5.43 Å². The summed E-state index contributed by atoms with van der Waals surface area (Å²) in [6.45, 7) is 4.01. The molecule has 4 rings (SSSR count). The van der Waals surface area contributed by atoms with Crippen molar-refractivity contribution < 1.29 is 0 Å². The molecule has 0 radical (unpaired) electrons. The van der Waals surface area contributed by atoms with Crippen LogP contribution in [-0.2, 0) is 0 Å². The molecular formula is C24H21N5. The van der Waals surface area contributed by atoms with E-state index in [2.05, 4.69) is 39.8 Å². The van der Waals surface area contributed by atoms with Crippen LogP contribution in [0.4, 0.5) is 5.95 Å². The number of aryl methyl sites for hydroxylation is 1. The summed E-state index contributed by atoms with van der Waals surface area (Å²) in [5.41, 5.74) is 9.50. The van der Waals surface area contributed by atoms with Crippen molar-refractivity contribution in [3.63, 3.8) is 0 Å². The fourth-order valence-electron chi connectivity index (χ4n) is 2.95. The molecule has 0 atom stereocenters. The summed E-state index contributed by atoms with van der Waals surface area (Å²) in [4.78, 5) is 4.71. The topological polar surface area (TPSA) is 63.1 Å². The van der Waals surface area contributed by atoms with Crippen molar-refractivity contribution in [2.75, 3.05) is 5.43 Å². The fraction of sp³-hybridized carbons (Fsp3) is 0.0833. The third-order valence-electron chi connectivity index (χ3n) is 4.57. The second kappa shape index (κ2) is 8.44. The molecule has 5 heteroatoms. The molecule has 4 aromatic rings. The number of hydrogen-bond acceptors (Lipinski definition) is 5. The first-order valence-corrected chi connectivity index (χ1v) is 9.43. The number of benzene rings is 3. The zero-order valence-corrected chi connectivity index (χ0v) is 16.4. The first kappa shape index (κ1) is 18.5. The standard InChI is InChI=1S/C24H21N5/c1-17-13-15-19(16-14-17)18(2)26-28-24-25-22(20-9-5-3-6-10-20)23(27-29-24)21-11-7-4-8-12-21/h3-16H,1-2H3,(H,25,28,29)/b26-18+. The van der Waals surface area contributed by atoms with Gasteiger partial charge in [0.1, 0.15) is 11.4 Å². The number of hydrazone groups is 1. The number of aromatic nitrogens is 3. The van der Waals surface area contributed by atoms with Crippen LogP contribution in [0.25, 0.3) is 22.5 Å². The van der Waals surface area contributed by atoms with Gasteiger partial charge in [-0.05, 0) is 19.4 Å². The third-order valence-corrected chi connectivity index (χ3v) is 4.57. The Morgan fingerprint density at radius 1 is 0.724 bits per heavy atom. The molecule has 0 saturated carbocycles. The first-order chi connectivity index (χ1) is 14.2. The average Bonchev–Trinajstić information content (AvgIpc) is 2.79. The lowest BCUT2D eigenvalue weighted by atomic mass is 10.0. The Bertz CT molecular complexity index is 1120. The van der Waals surface area contributed by atoms with Gasteiger partial charge in [-0.1, -0.05) is 90.5 Å². The lowest BCUT2D eigenvalue weighted by Crippen LogP contribution is -2.05. The molecule has 0 aliphatic rings. The number of anilines is 1. The van der Waals surface area contributed by atoms with Gasteiger partial charge in [-0.15, -0.1) is 10.2 Å². The summed E-state index contributed by atoms with van der Waals surface area (Å²) in [5.74, 6) is 0.356. The highest BCUT2D eigenvalue weighted by molar-refractivity contribution is 5.99. The number of nitrogens with zero attached hydrogens (tertiary/aromatic N) is 4. The maximum absolute atomic E-state index is 4.71. The van der Waals surface area contributed by atoms with Crippen molar-refractivity contribution >= 4 is 11.7 Å². The number of nitrogens with one attached hydrogen (secondary N) is 1. The highest BCUT2D eigenvalue weighted by Crippen LogP contribution is 2.28.